The van der Waals surface area contributed by atoms with Crippen molar-refractivity contribution in [2.75, 3.05) is 5.75 Å². The van der Waals surface area contributed by atoms with Gasteiger partial charge in [-0.05, 0) is 37.1 Å². The van der Waals surface area contributed by atoms with Gasteiger partial charge in [0.05, 0.1) is 16.8 Å². The molecule has 1 saturated carbocycles. The molecule has 1 fully saturated rings. The number of aromatic nitrogens is 3. The summed E-state index contributed by atoms with van der Waals surface area (Å²) < 4.78 is 2.07. The minimum Gasteiger partial charge on any atom is -0.353 e. The molecule has 0 aromatic carbocycles. The number of thioether (sulfide) groups is 1. The smallest absolute Gasteiger partial charge is 0.230 e. The first-order valence-electron chi connectivity index (χ1n) is 6.95. The summed E-state index contributed by atoms with van der Waals surface area (Å²) in [5.74, 6) is 0.470. The van der Waals surface area contributed by atoms with Gasteiger partial charge in [-0.3, -0.25) is 4.79 Å². The number of rotatable bonds is 4. The molecule has 6 heteroatoms. The van der Waals surface area contributed by atoms with E-state index in [1.54, 1.807) is 6.20 Å². The van der Waals surface area contributed by atoms with Crippen molar-refractivity contribution in [3.8, 4) is 0 Å². The zero-order chi connectivity index (χ0) is 14.2. The van der Waals surface area contributed by atoms with Gasteiger partial charge in [0.15, 0.2) is 5.65 Å². The van der Waals surface area contributed by atoms with E-state index in [0.717, 1.165) is 28.9 Å². The summed E-state index contributed by atoms with van der Waals surface area (Å²) in [7, 11) is 0. The maximum atomic E-state index is 11.8. The van der Waals surface area contributed by atoms with Gasteiger partial charge in [0, 0.05) is 18.4 Å². The molecule has 0 spiro atoms. The van der Waals surface area contributed by atoms with E-state index in [9.17, 15) is 4.79 Å². The maximum Gasteiger partial charge on any atom is 0.230 e. The Morgan fingerprint density at radius 3 is 3.05 bits per heavy atom. The van der Waals surface area contributed by atoms with E-state index >= 15 is 0 Å². The summed E-state index contributed by atoms with van der Waals surface area (Å²) >= 11 is 1.46. The Morgan fingerprint density at radius 1 is 1.33 bits per heavy atom. The van der Waals surface area contributed by atoms with Crippen LogP contribution in [0.5, 0.6) is 0 Å². The van der Waals surface area contributed by atoms with Gasteiger partial charge in [0.2, 0.25) is 5.91 Å². The van der Waals surface area contributed by atoms with Crippen LogP contribution in [-0.4, -0.2) is 32.1 Å². The average Bonchev–Trinajstić information content (AvgIpc) is 3.16. The first-order valence-corrected chi connectivity index (χ1v) is 7.94. The molecule has 0 atom stereocenters. The first-order chi connectivity index (χ1) is 10.3. The summed E-state index contributed by atoms with van der Waals surface area (Å²) in [4.78, 5) is 20.7. The van der Waals surface area contributed by atoms with Crippen LogP contribution in [0.2, 0.25) is 0 Å². The van der Waals surface area contributed by atoms with Crippen LogP contribution in [0.15, 0.2) is 41.7 Å². The number of hydrogen-bond acceptors (Lipinski definition) is 4. The Balaban J connectivity index is 1.66. The van der Waals surface area contributed by atoms with Crippen molar-refractivity contribution < 1.29 is 4.79 Å². The van der Waals surface area contributed by atoms with Crippen molar-refractivity contribution >= 4 is 34.3 Å². The standard InChI is InChI=1S/C15H14N4OS/c20-13(17-10-5-6-10)9-21-15-12-4-2-8-19(12)11-3-1-7-16-14(11)18-15/h1-4,7-8,10H,5-6,9H2,(H,17,20). The molecule has 21 heavy (non-hydrogen) atoms. The molecule has 3 aromatic heterocycles. The van der Waals surface area contributed by atoms with Gasteiger partial charge in [-0.1, -0.05) is 11.8 Å². The molecule has 106 valence electrons. The third-order valence-corrected chi connectivity index (χ3v) is 4.46. The largest absolute Gasteiger partial charge is 0.353 e. The molecule has 1 N–H and O–H groups in total. The lowest BCUT2D eigenvalue weighted by Crippen LogP contribution is -2.27. The summed E-state index contributed by atoms with van der Waals surface area (Å²) in [6.45, 7) is 0. The Morgan fingerprint density at radius 2 is 2.19 bits per heavy atom. The van der Waals surface area contributed by atoms with E-state index in [4.69, 9.17) is 0 Å². The predicted octanol–water partition coefficient (Wildman–Crippen LogP) is 2.25. The highest BCUT2D eigenvalue weighted by Gasteiger charge is 2.23. The second kappa shape index (κ2) is 5.04. The van der Waals surface area contributed by atoms with Gasteiger partial charge in [-0.25, -0.2) is 9.97 Å². The molecule has 1 aliphatic rings. The molecular formula is C15H14N4OS. The van der Waals surface area contributed by atoms with Gasteiger partial charge in [0.1, 0.15) is 5.03 Å². The lowest BCUT2D eigenvalue weighted by atomic mass is 10.4. The number of hydrogen-bond donors (Lipinski definition) is 1. The van der Waals surface area contributed by atoms with Crippen LogP contribution in [0.1, 0.15) is 12.8 Å². The number of pyridine rings is 1. The first kappa shape index (κ1) is 12.6. The van der Waals surface area contributed by atoms with Gasteiger partial charge >= 0.3 is 0 Å². The van der Waals surface area contributed by atoms with Crippen LogP contribution in [0.25, 0.3) is 16.7 Å². The van der Waals surface area contributed by atoms with E-state index in [2.05, 4.69) is 19.7 Å². The van der Waals surface area contributed by atoms with Crippen molar-refractivity contribution in [2.45, 2.75) is 23.9 Å². The molecule has 0 bridgehead atoms. The lowest BCUT2D eigenvalue weighted by molar-refractivity contribution is -0.118. The molecule has 0 aliphatic heterocycles. The van der Waals surface area contributed by atoms with Crippen LogP contribution in [0.3, 0.4) is 0 Å². The van der Waals surface area contributed by atoms with Crippen LogP contribution in [0.4, 0.5) is 0 Å². The number of amides is 1. The van der Waals surface area contributed by atoms with E-state index in [0.29, 0.717) is 17.4 Å². The van der Waals surface area contributed by atoms with E-state index in [1.807, 2.05) is 30.5 Å². The zero-order valence-electron chi connectivity index (χ0n) is 11.3. The minimum atomic E-state index is 0.0788. The number of nitrogens with one attached hydrogen (secondary N) is 1. The Kier molecular flexibility index (Phi) is 3.03. The second-order valence-electron chi connectivity index (χ2n) is 5.16. The highest BCUT2D eigenvalue weighted by atomic mass is 32.2. The summed E-state index contributed by atoms with van der Waals surface area (Å²) in [5.41, 5.74) is 2.69. The van der Waals surface area contributed by atoms with E-state index < -0.39 is 0 Å². The van der Waals surface area contributed by atoms with Crippen molar-refractivity contribution in [3.05, 3.63) is 36.7 Å². The second-order valence-corrected chi connectivity index (χ2v) is 6.12. The molecule has 0 radical (unpaired) electrons. The fraction of sp³-hybridized carbons (Fsp3) is 0.267. The molecule has 0 saturated heterocycles. The molecule has 0 unspecified atom stereocenters. The quantitative estimate of drug-likeness (QED) is 0.751. The fourth-order valence-electron chi connectivity index (χ4n) is 2.32. The summed E-state index contributed by atoms with van der Waals surface area (Å²) in [6, 6.07) is 8.30. The SMILES string of the molecule is O=C(CSc1nc2ncccc2n2cccc12)NC1CC1. The molecule has 1 aliphatic carbocycles. The monoisotopic (exact) mass is 298 g/mol. The Hall–Kier alpha value is -2.08. The highest BCUT2D eigenvalue weighted by molar-refractivity contribution is 8.00. The molecule has 4 rings (SSSR count). The van der Waals surface area contributed by atoms with Gasteiger partial charge < -0.3 is 9.72 Å². The fourth-order valence-corrected chi connectivity index (χ4v) is 3.13. The van der Waals surface area contributed by atoms with Gasteiger partial charge in [0.25, 0.3) is 0 Å². The third-order valence-electron chi connectivity index (χ3n) is 3.48. The number of nitrogens with zero attached hydrogens (tertiary/aromatic N) is 3. The number of carbonyl (C=O) groups is 1. The molecule has 5 nitrogen and oxygen atoms in total. The van der Waals surface area contributed by atoms with Crippen LogP contribution in [0, 0.1) is 0 Å². The maximum absolute atomic E-state index is 11.8. The predicted molar refractivity (Wildman–Crippen MR) is 82.4 cm³/mol. The van der Waals surface area contributed by atoms with Crippen LogP contribution in [-0.2, 0) is 4.79 Å². The molecule has 3 heterocycles. The van der Waals surface area contributed by atoms with Gasteiger partial charge in [-0.15, -0.1) is 0 Å². The highest BCUT2D eigenvalue weighted by Crippen LogP contribution is 2.26. The van der Waals surface area contributed by atoms with Crippen LogP contribution < -0.4 is 5.32 Å². The Labute approximate surface area is 125 Å². The Bertz CT molecular complexity index is 825. The molecular weight excluding hydrogens is 284 g/mol. The minimum absolute atomic E-state index is 0.0788. The normalized spacial score (nSPS) is 14.7. The summed E-state index contributed by atoms with van der Waals surface area (Å²) in [6.07, 6.45) is 5.95. The van der Waals surface area contributed by atoms with Crippen molar-refractivity contribution in [3.63, 3.8) is 0 Å². The third kappa shape index (κ3) is 2.47. The summed E-state index contributed by atoms with van der Waals surface area (Å²) in [5, 5.41) is 3.84. The molecule has 3 aromatic rings. The van der Waals surface area contributed by atoms with Crippen molar-refractivity contribution in [2.24, 2.45) is 0 Å². The molecule has 1 amide bonds. The average molecular weight is 298 g/mol. The number of fused-ring (bicyclic) bond motifs is 3. The van der Waals surface area contributed by atoms with E-state index in [-0.39, 0.29) is 5.91 Å². The van der Waals surface area contributed by atoms with Crippen molar-refractivity contribution in [1.82, 2.24) is 19.7 Å². The zero-order valence-corrected chi connectivity index (χ0v) is 12.1. The lowest BCUT2D eigenvalue weighted by Gasteiger charge is -2.07. The van der Waals surface area contributed by atoms with E-state index in [1.165, 1.54) is 11.8 Å². The van der Waals surface area contributed by atoms with Gasteiger partial charge in [-0.2, -0.15) is 0 Å². The van der Waals surface area contributed by atoms with Crippen LogP contribution >= 0.6 is 11.8 Å². The number of carbonyl (C=O) groups excluding carboxylic acids is 1. The topological polar surface area (TPSA) is 59.3 Å². The van der Waals surface area contributed by atoms with Crippen molar-refractivity contribution in [1.29, 1.82) is 0 Å².